The predicted molar refractivity (Wildman–Crippen MR) is 421 cm³/mol. The molecule has 0 aliphatic heterocycles. The highest BCUT2D eigenvalue weighted by Crippen LogP contribution is 2.52. The van der Waals surface area contributed by atoms with Crippen LogP contribution in [-0.2, 0) is 6.42 Å². The summed E-state index contributed by atoms with van der Waals surface area (Å²) in [5.74, 6) is 0.769. The molecule has 0 N–H and O–H groups in total. The summed E-state index contributed by atoms with van der Waals surface area (Å²) in [6, 6.07) is 106. The fourth-order valence-corrected chi connectivity index (χ4v) is 16.3. The van der Waals surface area contributed by atoms with Gasteiger partial charge < -0.3 is 13.7 Å². The van der Waals surface area contributed by atoms with Gasteiger partial charge >= 0.3 is 0 Å². The molecule has 0 bridgehead atoms. The zero-order valence-electron chi connectivity index (χ0n) is 55.8. The zero-order valence-corrected chi connectivity index (χ0v) is 55.8. The summed E-state index contributed by atoms with van der Waals surface area (Å²) >= 11 is 0. The number of hydrogen-bond acceptors (Lipinski definition) is 0. The normalized spacial score (nSPS) is 13.9. The van der Waals surface area contributed by atoms with Crippen molar-refractivity contribution in [3.8, 4) is 50.4 Å². The van der Waals surface area contributed by atoms with Crippen LogP contribution in [0.15, 0.2) is 334 Å². The minimum Gasteiger partial charge on any atom is -0.309 e. The molecule has 468 valence electrons. The molecule has 3 heterocycles. The number of allylic oxidation sites excluding steroid dienone is 10. The highest BCUT2D eigenvalue weighted by Gasteiger charge is 2.29. The van der Waals surface area contributed by atoms with E-state index in [2.05, 4.69) is 350 Å². The number of rotatable bonds is 9. The van der Waals surface area contributed by atoms with Crippen molar-refractivity contribution < 1.29 is 0 Å². The highest BCUT2D eigenvalue weighted by molar-refractivity contribution is 6.28. The van der Waals surface area contributed by atoms with Gasteiger partial charge in [0.2, 0.25) is 0 Å². The second-order valence-corrected chi connectivity index (χ2v) is 26.4. The van der Waals surface area contributed by atoms with Crippen molar-refractivity contribution in [1.29, 1.82) is 0 Å². The third-order valence-corrected chi connectivity index (χ3v) is 20.6. The minimum atomic E-state index is 0.769. The Hall–Kier alpha value is -12.0. The van der Waals surface area contributed by atoms with Crippen LogP contribution in [0.2, 0.25) is 0 Å². The molecule has 3 aliphatic rings. The molecule has 0 amide bonds. The summed E-state index contributed by atoms with van der Waals surface area (Å²) in [4.78, 5) is 0. The Morgan fingerprint density at radius 3 is 1.44 bits per heavy atom. The maximum atomic E-state index is 5.01. The molecule has 0 saturated carbocycles. The Labute approximate surface area is 573 Å². The maximum Gasteiger partial charge on any atom is 0.0547 e. The highest BCUT2D eigenvalue weighted by atomic mass is 15.0. The molecule has 3 aromatic heterocycles. The van der Waals surface area contributed by atoms with E-state index in [0.29, 0.717) is 0 Å². The number of benzene rings is 13. The molecule has 1 atom stereocenters. The lowest BCUT2D eigenvalue weighted by molar-refractivity contribution is 0.737. The first-order valence-corrected chi connectivity index (χ1v) is 34.4. The summed E-state index contributed by atoms with van der Waals surface area (Å²) in [5.41, 5.74) is 31.5. The SMILES string of the molecule is C=C(/C(C)=C(\C1=C(C)c2cccc3cccc1c23)c1cccc(-n2c3ccccc3c3c(-c4cccc5c4-c4ccccc4C5)cccc32)c1)c1ccc(-n2c3ccccc3c3c(-c4cccc5c4c4ccccc4n5-c4ccccc4)cccc32)cc1.C=CC.CC1C=CC=CC1. The van der Waals surface area contributed by atoms with Gasteiger partial charge in [0.05, 0.1) is 33.1 Å². The Kier molecular flexibility index (Phi) is 15.0. The number of nitrogens with zero attached hydrogens (tertiary/aromatic N) is 3. The Morgan fingerprint density at radius 2 is 0.857 bits per heavy atom. The van der Waals surface area contributed by atoms with Crippen LogP contribution in [0.25, 0.3) is 149 Å². The topological polar surface area (TPSA) is 14.8 Å². The molecule has 3 heteroatoms. The van der Waals surface area contributed by atoms with E-state index in [1.165, 1.54) is 155 Å². The van der Waals surface area contributed by atoms with Gasteiger partial charge in [0.15, 0.2) is 0 Å². The lowest BCUT2D eigenvalue weighted by atomic mass is 9.84. The van der Waals surface area contributed by atoms with Crippen LogP contribution in [0.5, 0.6) is 0 Å². The van der Waals surface area contributed by atoms with Crippen LogP contribution in [0, 0.1) is 5.92 Å². The van der Waals surface area contributed by atoms with Crippen LogP contribution in [-0.4, -0.2) is 13.7 Å². The molecular formula is C95H73N3. The Morgan fingerprint density at radius 1 is 0.408 bits per heavy atom. The van der Waals surface area contributed by atoms with Crippen LogP contribution in [0.3, 0.4) is 0 Å². The van der Waals surface area contributed by atoms with Crippen molar-refractivity contribution in [2.75, 3.05) is 0 Å². The fourth-order valence-electron chi connectivity index (χ4n) is 16.3. The summed E-state index contributed by atoms with van der Waals surface area (Å²) in [5, 5.41) is 10.0. The number of aromatic nitrogens is 3. The predicted octanol–water partition coefficient (Wildman–Crippen LogP) is 25.8. The van der Waals surface area contributed by atoms with E-state index in [9.17, 15) is 0 Å². The van der Waals surface area contributed by atoms with Crippen molar-refractivity contribution in [3.63, 3.8) is 0 Å². The van der Waals surface area contributed by atoms with Crippen LogP contribution < -0.4 is 0 Å². The van der Waals surface area contributed by atoms with Crippen LogP contribution in [0.4, 0.5) is 0 Å². The van der Waals surface area contributed by atoms with Crippen molar-refractivity contribution in [2.45, 2.75) is 40.5 Å². The van der Waals surface area contributed by atoms with Gasteiger partial charge in [0.25, 0.3) is 0 Å². The molecule has 1 unspecified atom stereocenters. The minimum absolute atomic E-state index is 0.769. The van der Waals surface area contributed by atoms with Crippen LogP contribution >= 0.6 is 0 Å². The van der Waals surface area contributed by atoms with Gasteiger partial charge in [-0.2, -0.15) is 0 Å². The van der Waals surface area contributed by atoms with Gasteiger partial charge in [-0.15, -0.1) is 6.58 Å². The van der Waals surface area contributed by atoms with Gasteiger partial charge in [0.1, 0.15) is 0 Å². The van der Waals surface area contributed by atoms with E-state index in [4.69, 9.17) is 6.58 Å². The van der Waals surface area contributed by atoms with Gasteiger partial charge in [-0.05, 0) is 218 Å². The Balaban J connectivity index is 0.000000671. The van der Waals surface area contributed by atoms with Gasteiger partial charge in [0, 0.05) is 49.4 Å². The lowest BCUT2D eigenvalue weighted by Crippen LogP contribution is -2.00. The van der Waals surface area contributed by atoms with E-state index >= 15 is 0 Å². The van der Waals surface area contributed by atoms with E-state index in [1.807, 2.05) is 6.92 Å². The third kappa shape index (κ3) is 9.71. The van der Waals surface area contributed by atoms with Crippen LogP contribution in [0.1, 0.15) is 67.5 Å². The summed E-state index contributed by atoms with van der Waals surface area (Å²) in [7, 11) is 0. The van der Waals surface area contributed by atoms with E-state index < -0.39 is 0 Å². The molecule has 3 aliphatic carbocycles. The molecule has 0 fully saturated rings. The second kappa shape index (κ2) is 24.6. The van der Waals surface area contributed by atoms with Gasteiger partial charge in [-0.25, -0.2) is 0 Å². The molecule has 98 heavy (non-hydrogen) atoms. The Bertz CT molecular complexity index is 6060. The molecule has 0 saturated heterocycles. The number of hydrogen-bond donors (Lipinski definition) is 0. The summed E-state index contributed by atoms with van der Waals surface area (Å²) < 4.78 is 7.34. The molecular weight excluding hydrogens is 1180 g/mol. The fraction of sp³-hybridized carbons (Fsp3) is 0.0737. The molecule has 16 aromatic rings. The summed E-state index contributed by atoms with van der Waals surface area (Å²) in [6.07, 6.45) is 12.6. The smallest absolute Gasteiger partial charge is 0.0547 e. The lowest BCUT2D eigenvalue weighted by Gasteiger charge is -2.20. The van der Waals surface area contributed by atoms with Gasteiger partial charge in [-0.3, -0.25) is 0 Å². The zero-order chi connectivity index (χ0) is 66.1. The molecule has 3 nitrogen and oxygen atoms in total. The molecule has 0 radical (unpaired) electrons. The van der Waals surface area contributed by atoms with E-state index in [-0.39, 0.29) is 0 Å². The standard InChI is InChI=1S/C85H57N3.C7H10.C3H6/c1-52(55-46-48-61(49-47-55)87-74-41-13-10-32-70(74)85-68(38-21-44-77(85)87)67-37-20-43-76-84(67)69-31-9-12-40-73(69)86(76)60-27-5-4-6-28-60)53(2)79(80-54(3)63-34-16-23-56-24-17-39-72(80)81(56)63)59-25-15-29-62(51-59)88-75-42-14-11-33-71(75)83-66(36-19-45-78(83)88)65-35-18-26-58-50-57-22-7-8-30-64(57)82(58)65;1-7-5-3-2-4-6-7;1-3-2/h4-49,51H,1,50H2,2-3H3;2-5,7H,6H2,1H3;3H,1H2,2H3/b79-53-;;. The molecule has 13 aromatic carbocycles. The van der Waals surface area contributed by atoms with Crippen molar-refractivity contribution in [3.05, 3.63) is 368 Å². The number of para-hydroxylation sites is 4. The van der Waals surface area contributed by atoms with E-state index in [1.54, 1.807) is 6.08 Å². The van der Waals surface area contributed by atoms with E-state index in [0.717, 1.165) is 51.7 Å². The van der Waals surface area contributed by atoms with Gasteiger partial charge in [-0.1, -0.05) is 256 Å². The monoisotopic (exact) mass is 1260 g/mol. The quantitative estimate of drug-likeness (QED) is 0.101. The van der Waals surface area contributed by atoms with Crippen molar-refractivity contribution in [2.24, 2.45) is 5.92 Å². The first kappa shape index (κ1) is 59.7. The molecule has 19 rings (SSSR count). The summed E-state index contributed by atoms with van der Waals surface area (Å²) in [6.45, 7) is 17.1. The second-order valence-electron chi connectivity index (χ2n) is 26.4. The first-order chi connectivity index (χ1) is 48.3. The average Bonchev–Trinajstić information content (AvgIpc) is 1.57. The average molecular weight is 1260 g/mol. The first-order valence-electron chi connectivity index (χ1n) is 34.4. The van der Waals surface area contributed by atoms with Crippen molar-refractivity contribution in [1.82, 2.24) is 13.7 Å². The molecule has 0 spiro atoms. The maximum absolute atomic E-state index is 5.01. The largest absolute Gasteiger partial charge is 0.309 e. The van der Waals surface area contributed by atoms with Crippen molar-refractivity contribution >= 4 is 98.5 Å². The number of fused-ring (bicyclic) bond motifs is 12. The third-order valence-electron chi connectivity index (χ3n) is 20.6.